The number of likely N-dealkylation sites (tertiary alicyclic amines) is 1. The molecule has 0 saturated carbocycles. The maximum Gasteiger partial charge on any atom is 0.410 e. The Hall–Kier alpha value is -2.03. The third-order valence-corrected chi connectivity index (χ3v) is 4.91. The first-order chi connectivity index (χ1) is 11.2. The number of nitrogens with zero attached hydrogens (tertiary/aromatic N) is 3. The molecular weight excluding hydrogens is 334 g/mol. The zero-order valence-electron chi connectivity index (χ0n) is 13.9. The van der Waals surface area contributed by atoms with Crippen molar-refractivity contribution >= 4 is 22.6 Å². The number of amides is 1. The zero-order chi connectivity index (χ0) is 17.9. The second kappa shape index (κ2) is 7.25. The Labute approximate surface area is 142 Å². The Bertz CT molecular complexity index is 642. The number of rotatable bonds is 4. The molecule has 0 radical (unpaired) electrons. The molecule has 0 aromatic carbocycles. The summed E-state index contributed by atoms with van der Waals surface area (Å²) in [5.74, 6) is 0.240. The second-order valence-electron chi connectivity index (χ2n) is 6.59. The third-order valence-electron chi connectivity index (χ3n) is 3.51. The number of hydrogen-bond acceptors (Lipinski definition) is 6. The van der Waals surface area contributed by atoms with E-state index in [2.05, 4.69) is 4.98 Å². The van der Waals surface area contributed by atoms with E-state index < -0.39 is 27.4 Å². The van der Waals surface area contributed by atoms with E-state index in [-0.39, 0.29) is 22.5 Å². The normalized spacial score (nSPS) is 19.1. The van der Waals surface area contributed by atoms with Gasteiger partial charge < -0.3 is 9.64 Å². The van der Waals surface area contributed by atoms with Gasteiger partial charge >= 0.3 is 6.09 Å². The average molecular weight is 355 g/mol. The highest BCUT2D eigenvalue weighted by atomic mass is 32.2. The van der Waals surface area contributed by atoms with Crippen molar-refractivity contribution in [1.82, 2.24) is 9.88 Å². The lowest BCUT2D eigenvalue weighted by molar-refractivity contribution is -0.385. The smallest absolute Gasteiger partial charge is 0.410 e. The van der Waals surface area contributed by atoms with E-state index in [1.165, 1.54) is 12.1 Å². The number of hydrogen-bond donors (Lipinski definition) is 0. The van der Waals surface area contributed by atoms with Gasteiger partial charge in [0.1, 0.15) is 16.8 Å². The summed E-state index contributed by atoms with van der Waals surface area (Å²) in [6.07, 6.45) is 2.26. The van der Waals surface area contributed by atoms with Crippen LogP contribution in [0.25, 0.3) is 0 Å². The summed E-state index contributed by atoms with van der Waals surface area (Å²) in [5.41, 5.74) is -0.726. The van der Waals surface area contributed by atoms with Crippen LogP contribution in [0.5, 0.6) is 0 Å². The summed E-state index contributed by atoms with van der Waals surface area (Å²) in [7, 11) is -1.44. The van der Waals surface area contributed by atoms with Crippen LogP contribution in [0.4, 0.5) is 10.5 Å². The highest BCUT2D eigenvalue weighted by Gasteiger charge is 2.33. The van der Waals surface area contributed by atoms with Crippen molar-refractivity contribution < 1.29 is 18.7 Å². The predicted molar refractivity (Wildman–Crippen MR) is 88.1 cm³/mol. The van der Waals surface area contributed by atoms with Gasteiger partial charge in [0.05, 0.1) is 21.5 Å². The summed E-state index contributed by atoms with van der Waals surface area (Å²) < 4.78 is 17.8. The van der Waals surface area contributed by atoms with E-state index in [9.17, 15) is 19.1 Å². The number of carbonyl (C=O) groups is 1. The first kappa shape index (κ1) is 18.3. The van der Waals surface area contributed by atoms with Crippen molar-refractivity contribution in [2.24, 2.45) is 0 Å². The molecule has 2 heterocycles. The van der Waals surface area contributed by atoms with Crippen molar-refractivity contribution in [1.29, 1.82) is 0 Å². The van der Waals surface area contributed by atoms with Crippen LogP contribution >= 0.6 is 0 Å². The molecule has 1 aromatic rings. The van der Waals surface area contributed by atoms with Crippen LogP contribution in [0, 0.1) is 10.1 Å². The Balaban J connectivity index is 2.02. The number of pyridine rings is 1. The van der Waals surface area contributed by atoms with Crippen molar-refractivity contribution in [3.8, 4) is 0 Å². The maximum absolute atomic E-state index is 12.4. The fourth-order valence-electron chi connectivity index (χ4n) is 2.45. The fourth-order valence-corrected chi connectivity index (χ4v) is 3.70. The SMILES string of the molecule is CC(C)(C)OC(=O)N1CCC[C@H]1C[S@](=O)c1ccc([N+](=O)[O-])cn1. The average Bonchev–Trinajstić information content (AvgIpc) is 2.93. The van der Waals surface area contributed by atoms with Crippen LogP contribution < -0.4 is 0 Å². The molecule has 2 atom stereocenters. The molecule has 1 amide bonds. The van der Waals surface area contributed by atoms with Crippen LogP contribution in [0.15, 0.2) is 23.4 Å². The molecule has 1 fully saturated rings. The number of aromatic nitrogens is 1. The zero-order valence-corrected chi connectivity index (χ0v) is 14.7. The molecule has 8 nitrogen and oxygen atoms in total. The molecule has 9 heteroatoms. The quantitative estimate of drug-likeness (QED) is 0.607. The summed E-state index contributed by atoms with van der Waals surface area (Å²) >= 11 is 0. The Kier molecular flexibility index (Phi) is 5.53. The third kappa shape index (κ3) is 4.73. The molecular formula is C15H21N3O5S. The number of ether oxygens (including phenoxy) is 1. The van der Waals surface area contributed by atoms with Gasteiger partial charge in [-0.2, -0.15) is 0 Å². The molecule has 1 aliphatic heterocycles. The van der Waals surface area contributed by atoms with Crippen LogP contribution in [0.1, 0.15) is 33.6 Å². The summed E-state index contributed by atoms with van der Waals surface area (Å²) in [6, 6.07) is 2.49. The van der Waals surface area contributed by atoms with Gasteiger partial charge in [0.25, 0.3) is 5.69 Å². The van der Waals surface area contributed by atoms with E-state index >= 15 is 0 Å². The van der Waals surface area contributed by atoms with Crippen molar-refractivity contribution in [2.45, 2.75) is 50.3 Å². The number of carbonyl (C=O) groups excluding carboxylic acids is 1. The Morgan fingerprint density at radius 2 is 2.21 bits per heavy atom. The van der Waals surface area contributed by atoms with E-state index in [0.717, 1.165) is 19.0 Å². The molecule has 2 rings (SSSR count). The summed E-state index contributed by atoms with van der Waals surface area (Å²) in [4.78, 5) is 27.8. The van der Waals surface area contributed by atoms with Gasteiger partial charge in [-0.1, -0.05) is 0 Å². The molecule has 1 saturated heterocycles. The Morgan fingerprint density at radius 1 is 1.50 bits per heavy atom. The predicted octanol–water partition coefficient (Wildman–Crippen LogP) is 2.50. The minimum atomic E-state index is -1.44. The molecule has 24 heavy (non-hydrogen) atoms. The van der Waals surface area contributed by atoms with Crippen molar-refractivity contribution in [3.63, 3.8) is 0 Å². The largest absolute Gasteiger partial charge is 0.444 e. The highest BCUT2D eigenvalue weighted by molar-refractivity contribution is 7.85. The first-order valence-corrected chi connectivity index (χ1v) is 8.98. The van der Waals surface area contributed by atoms with E-state index in [1.54, 1.807) is 25.7 Å². The van der Waals surface area contributed by atoms with E-state index in [4.69, 9.17) is 4.74 Å². The monoisotopic (exact) mass is 355 g/mol. The number of nitro groups is 1. The van der Waals surface area contributed by atoms with Crippen LogP contribution in [0.2, 0.25) is 0 Å². The molecule has 0 bridgehead atoms. The van der Waals surface area contributed by atoms with Crippen molar-refractivity contribution in [2.75, 3.05) is 12.3 Å². The van der Waals surface area contributed by atoms with Gasteiger partial charge in [0.15, 0.2) is 0 Å². The first-order valence-electron chi connectivity index (χ1n) is 7.66. The lowest BCUT2D eigenvalue weighted by atomic mass is 10.2. The summed E-state index contributed by atoms with van der Waals surface area (Å²) in [6.45, 7) is 5.98. The van der Waals surface area contributed by atoms with Gasteiger partial charge in [-0.25, -0.2) is 9.78 Å². The van der Waals surface area contributed by atoms with Gasteiger partial charge in [-0.05, 0) is 39.7 Å². The lowest BCUT2D eigenvalue weighted by Crippen LogP contribution is -2.42. The van der Waals surface area contributed by atoms with Crippen molar-refractivity contribution in [3.05, 3.63) is 28.4 Å². The topological polar surface area (TPSA) is 103 Å². The minimum absolute atomic E-state index is 0.146. The lowest BCUT2D eigenvalue weighted by Gasteiger charge is -2.28. The van der Waals surface area contributed by atoms with Gasteiger partial charge in [0.2, 0.25) is 0 Å². The van der Waals surface area contributed by atoms with E-state index in [1.807, 2.05) is 0 Å². The molecule has 132 valence electrons. The fraction of sp³-hybridized carbons (Fsp3) is 0.600. The van der Waals surface area contributed by atoms with Gasteiger partial charge in [-0.3, -0.25) is 14.3 Å². The standard InChI is InChI=1S/C15H21N3O5S/c1-15(2,3)23-14(19)17-8-4-5-12(17)10-24(22)13-7-6-11(9-16-13)18(20)21/h6-7,9,12H,4-5,8,10H2,1-3H3/t12-,24-/m0/s1. The highest BCUT2D eigenvalue weighted by Crippen LogP contribution is 2.23. The molecule has 0 unspecified atom stereocenters. The minimum Gasteiger partial charge on any atom is -0.444 e. The van der Waals surface area contributed by atoms with Gasteiger partial charge in [0, 0.05) is 18.7 Å². The van der Waals surface area contributed by atoms with Gasteiger partial charge in [-0.15, -0.1) is 0 Å². The van der Waals surface area contributed by atoms with Crippen LogP contribution in [0.3, 0.4) is 0 Å². The van der Waals surface area contributed by atoms with Crippen LogP contribution in [-0.2, 0) is 15.5 Å². The van der Waals surface area contributed by atoms with Crippen LogP contribution in [-0.4, -0.2) is 49.0 Å². The molecule has 1 aliphatic rings. The van der Waals surface area contributed by atoms with E-state index in [0.29, 0.717) is 6.54 Å². The molecule has 1 aromatic heterocycles. The molecule has 0 spiro atoms. The molecule has 0 aliphatic carbocycles. The molecule has 0 N–H and O–H groups in total. The summed E-state index contributed by atoms with van der Waals surface area (Å²) in [5, 5.41) is 10.9. The maximum atomic E-state index is 12.4. The second-order valence-corrected chi connectivity index (χ2v) is 8.04. The Morgan fingerprint density at radius 3 is 2.75 bits per heavy atom.